The van der Waals surface area contributed by atoms with E-state index in [0.29, 0.717) is 11.3 Å². The minimum atomic E-state index is -0.188. The standard InChI is InChI=1S/C30H26N8O/c39-30(19-7-3-1-4-8-19)33-21-15-20(17-31-18-21)23-9-10-24-27(34-23)28(37-36-24)25-16-22-26(11-12-32-29(22)35-25)38-13-5-2-6-14-38/h1,3-4,7-12,15-18H,2,5-6,13-14H2,(H,32,35)(H,33,39)(H,36,37). The maximum absolute atomic E-state index is 12.6. The van der Waals surface area contributed by atoms with Gasteiger partial charge >= 0.3 is 0 Å². The van der Waals surface area contributed by atoms with Crippen LogP contribution in [0.2, 0.25) is 0 Å². The predicted octanol–water partition coefficient (Wildman–Crippen LogP) is 5.81. The molecule has 39 heavy (non-hydrogen) atoms. The zero-order valence-electron chi connectivity index (χ0n) is 21.2. The van der Waals surface area contributed by atoms with Crippen molar-refractivity contribution in [2.75, 3.05) is 23.3 Å². The maximum atomic E-state index is 12.6. The lowest BCUT2D eigenvalue weighted by Crippen LogP contribution is -2.29. The summed E-state index contributed by atoms with van der Waals surface area (Å²) in [5, 5.41) is 11.7. The van der Waals surface area contributed by atoms with Crippen LogP contribution in [0.4, 0.5) is 11.4 Å². The average molecular weight is 515 g/mol. The Morgan fingerprint density at radius 1 is 0.949 bits per heavy atom. The van der Waals surface area contributed by atoms with E-state index >= 15 is 0 Å². The van der Waals surface area contributed by atoms with Gasteiger partial charge in [0.2, 0.25) is 0 Å². The molecule has 7 rings (SSSR count). The van der Waals surface area contributed by atoms with E-state index in [1.54, 1.807) is 24.5 Å². The van der Waals surface area contributed by atoms with Crippen molar-refractivity contribution in [2.24, 2.45) is 0 Å². The lowest BCUT2D eigenvalue weighted by molar-refractivity contribution is 0.102. The molecule has 1 aliphatic rings. The van der Waals surface area contributed by atoms with Crippen LogP contribution in [0.1, 0.15) is 29.6 Å². The number of nitrogens with one attached hydrogen (secondary N) is 3. The van der Waals surface area contributed by atoms with Crippen LogP contribution >= 0.6 is 0 Å². The first kappa shape index (κ1) is 23.1. The van der Waals surface area contributed by atoms with Gasteiger partial charge in [-0.25, -0.2) is 9.97 Å². The van der Waals surface area contributed by atoms with E-state index in [-0.39, 0.29) is 5.91 Å². The summed E-state index contributed by atoms with van der Waals surface area (Å²) < 4.78 is 0. The lowest BCUT2D eigenvalue weighted by atomic mass is 10.1. The van der Waals surface area contributed by atoms with Crippen molar-refractivity contribution in [1.29, 1.82) is 0 Å². The van der Waals surface area contributed by atoms with Gasteiger partial charge in [0.25, 0.3) is 5.91 Å². The minimum Gasteiger partial charge on any atom is -0.371 e. The highest BCUT2D eigenvalue weighted by atomic mass is 16.1. The van der Waals surface area contributed by atoms with Crippen LogP contribution in [0.3, 0.4) is 0 Å². The van der Waals surface area contributed by atoms with Crippen LogP contribution in [0, 0.1) is 0 Å². The molecule has 3 N–H and O–H groups in total. The number of carbonyl (C=O) groups is 1. The molecule has 1 amide bonds. The van der Waals surface area contributed by atoms with E-state index < -0.39 is 0 Å². The van der Waals surface area contributed by atoms with Gasteiger partial charge in [0.1, 0.15) is 16.9 Å². The van der Waals surface area contributed by atoms with Crippen LogP contribution in [-0.2, 0) is 0 Å². The first-order valence-electron chi connectivity index (χ1n) is 13.1. The largest absolute Gasteiger partial charge is 0.371 e. The number of amides is 1. The molecule has 0 atom stereocenters. The summed E-state index contributed by atoms with van der Waals surface area (Å²) in [6.07, 6.45) is 8.94. The van der Waals surface area contributed by atoms with Crippen molar-refractivity contribution >= 4 is 39.3 Å². The van der Waals surface area contributed by atoms with E-state index in [2.05, 4.69) is 47.5 Å². The molecule has 1 saturated heterocycles. The number of aromatic amines is 2. The molecule has 0 radical (unpaired) electrons. The molecule has 1 fully saturated rings. The predicted molar refractivity (Wildman–Crippen MR) is 153 cm³/mol. The smallest absolute Gasteiger partial charge is 0.255 e. The quantitative estimate of drug-likeness (QED) is 0.268. The summed E-state index contributed by atoms with van der Waals surface area (Å²) in [6.45, 7) is 2.13. The number of hydrogen-bond acceptors (Lipinski definition) is 6. The van der Waals surface area contributed by atoms with Crippen molar-refractivity contribution in [3.63, 3.8) is 0 Å². The highest BCUT2D eigenvalue weighted by Gasteiger charge is 2.19. The Labute approximate surface area is 224 Å². The molecule has 6 heterocycles. The number of nitrogens with zero attached hydrogens (tertiary/aromatic N) is 5. The molecule has 5 aromatic heterocycles. The van der Waals surface area contributed by atoms with Crippen LogP contribution < -0.4 is 10.2 Å². The van der Waals surface area contributed by atoms with E-state index in [0.717, 1.165) is 57.8 Å². The van der Waals surface area contributed by atoms with Gasteiger partial charge in [0, 0.05) is 47.7 Å². The summed E-state index contributed by atoms with van der Waals surface area (Å²) in [5.41, 5.74) is 7.93. The Morgan fingerprint density at radius 2 is 1.82 bits per heavy atom. The van der Waals surface area contributed by atoms with Gasteiger partial charge in [-0.15, -0.1) is 0 Å². The number of pyridine rings is 3. The number of rotatable bonds is 5. The molecule has 0 aliphatic carbocycles. The zero-order chi connectivity index (χ0) is 26.2. The topological polar surface area (TPSA) is 115 Å². The van der Waals surface area contributed by atoms with Crippen LogP contribution in [-0.4, -0.2) is 49.1 Å². The number of aromatic nitrogens is 6. The van der Waals surface area contributed by atoms with Crippen LogP contribution in [0.15, 0.2) is 79.3 Å². The minimum absolute atomic E-state index is 0.188. The SMILES string of the molecule is O=C(Nc1cncc(-c2ccc3[nH]nc(-c4cc5c(N6CCCCC6)ccnc5[nH]4)c3n2)c1)c1ccccc1. The van der Waals surface area contributed by atoms with Crippen LogP contribution in [0.25, 0.3) is 44.7 Å². The number of piperidine rings is 1. The summed E-state index contributed by atoms with van der Waals surface area (Å²) in [5.74, 6) is -0.188. The molecule has 9 nitrogen and oxygen atoms in total. The average Bonchev–Trinajstić information content (AvgIpc) is 3.62. The maximum Gasteiger partial charge on any atom is 0.255 e. The molecule has 0 spiro atoms. The molecular weight excluding hydrogens is 488 g/mol. The Hall–Kier alpha value is -5.05. The fourth-order valence-electron chi connectivity index (χ4n) is 5.24. The summed E-state index contributed by atoms with van der Waals surface area (Å²) in [7, 11) is 0. The van der Waals surface area contributed by atoms with E-state index in [1.807, 2.05) is 42.6 Å². The molecule has 9 heteroatoms. The van der Waals surface area contributed by atoms with Gasteiger partial charge < -0.3 is 15.2 Å². The second-order valence-corrected chi connectivity index (χ2v) is 9.77. The van der Waals surface area contributed by atoms with Crippen molar-refractivity contribution in [3.8, 4) is 22.6 Å². The second-order valence-electron chi connectivity index (χ2n) is 9.77. The first-order valence-corrected chi connectivity index (χ1v) is 13.1. The van der Waals surface area contributed by atoms with Gasteiger partial charge in [-0.05, 0) is 61.7 Å². The summed E-state index contributed by atoms with van der Waals surface area (Å²) in [4.78, 5) is 32.4. The third kappa shape index (κ3) is 4.37. The normalized spacial score (nSPS) is 13.7. The molecule has 0 saturated carbocycles. The molecule has 6 aromatic rings. The van der Waals surface area contributed by atoms with Gasteiger partial charge in [-0.1, -0.05) is 18.2 Å². The van der Waals surface area contributed by atoms with Gasteiger partial charge in [-0.3, -0.25) is 14.9 Å². The fourth-order valence-corrected chi connectivity index (χ4v) is 5.24. The van der Waals surface area contributed by atoms with Crippen molar-refractivity contribution in [3.05, 3.63) is 84.8 Å². The molecular formula is C30H26N8O. The van der Waals surface area contributed by atoms with Gasteiger partial charge in [-0.2, -0.15) is 5.10 Å². The Balaban J connectivity index is 1.22. The molecule has 1 aromatic carbocycles. The number of hydrogen-bond donors (Lipinski definition) is 3. The van der Waals surface area contributed by atoms with E-state index in [9.17, 15) is 4.79 Å². The van der Waals surface area contributed by atoms with Crippen molar-refractivity contribution in [2.45, 2.75) is 19.3 Å². The number of carbonyl (C=O) groups excluding carboxylic acids is 1. The first-order chi connectivity index (χ1) is 19.2. The van der Waals surface area contributed by atoms with Crippen molar-refractivity contribution in [1.82, 2.24) is 30.1 Å². The van der Waals surface area contributed by atoms with Crippen LogP contribution in [0.5, 0.6) is 0 Å². The Bertz CT molecular complexity index is 1800. The monoisotopic (exact) mass is 514 g/mol. The molecule has 0 bridgehead atoms. The fraction of sp³-hybridized carbons (Fsp3) is 0.167. The van der Waals surface area contributed by atoms with Crippen molar-refractivity contribution < 1.29 is 4.79 Å². The summed E-state index contributed by atoms with van der Waals surface area (Å²) in [6, 6.07) is 19.1. The third-order valence-corrected chi connectivity index (χ3v) is 7.20. The third-order valence-electron chi connectivity index (χ3n) is 7.20. The zero-order valence-corrected chi connectivity index (χ0v) is 21.2. The van der Waals surface area contributed by atoms with Gasteiger partial charge in [0.15, 0.2) is 0 Å². The number of anilines is 2. The number of benzene rings is 1. The Kier molecular flexibility index (Phi) is 5.73. The summed E-state index contributed by atoms with van der Waals surface area (Å²) >= 11 is 0. The highest BCUT2D eigenvalue weighted by molar-refractivity contribution is 6.04. The van der Waals surface area contributed by atoms with Gasteiger partial charge in [0.05, 0.1) is 28.8 Å². The Morgan fingerprint density at radius 3 is 2.69 bits per heavy atom. The lowest BCUT2D eigenvalue weighted by Gasteiger charge is -2.29. The van der Waals surface area contributed by atoms with E-state index in [4.69, 9.17) is 4.98 Å². The molecule has 0 unspecified atom stereocenters. The number of fused-ring (bicyclic) bond motifs is 2. The second kappa shape index (κ2) is 9.68. The molecule has 192 valence electrons. The number of H-pyrrole nitrogens is 2. The van der Waals surface area contributed by atoms with E-state index in [1.165, 1.54) is 24.9 Å². The highest BCUT2D eigenvalue weighted by Crippen LogP contribution is 2.33. The molecule has 1 aliphatic heterocycles.